The zero-order valence-corrected chi connectivity index (χ0v) is 11.3. The van der Waals surface area contributed by atoms with Crippen LogP contribution in [0.15, 0.2) is 12.1 Å². The van der Waals surface area contributed by atoms with Gasteiger partial charge >= 0.3 is 6.18 Å². The summed E-state index contributed by atoms with van der Waals surface area (Å²) in [5.41, 5.74) is 0.0211. The third-order valence-electron chi connectivity index (χ3n) is 3.35. The van der Waals surface area contributed by atoms with Gasteiger partial charge in [0.2, 0.25) is 0 Å². The summed E-state index contributed by atoms with van der Waals surface area (Å²) >= 11 is 0. The molecule has 1 fully saturated rings. The molecule has 1 aliphatic heterocycles. The summed E-state index contributed by atoms with van der Waals surface area (Å²) in [6, 6.07) is 2.94. The molecule has 2 heterocycles. The van der Waals surface area contributed by atoms with Crippen LogP contribution < -0.4 is 0 Å². The van der Waals surface area contributed by atoms with Crippen LogP contribution in [0.5, 0.6) is 0 Å². The predicted molar refractivity (Wildman–Crippen MR) is 66.1 cm³/mol. The first-order valence-electron chi connectivity index (χ1n) is 6.35. The quantitative estimate of drug-likeness (QED) is 0.774. The van der Waals surface area contributed by atoms with Gasteiger partial charge in [-0.15, -0.1) is 0 Å². The largest absolute Gasteiger partial charge is 0.433 e. The molecule has 0 bridgehead atoms. The van der Waals surface area contributed by atoms with E-state index in [1.807, 2.05) is 20.8 Å². The van der Waals surface area contributed by atoms with Gasteiger partial charge in [-0.2, -0.15) is 13.2 Å². The van der Waals surface area contributed by atoms with Gasteiger partial charge in [0.15, 0.2) is 0 Å². The van der Waals surface area contributed by atoms with Gasteiger partial charge < -0.3 is 4.74 Å². The fourth-order valence-corrected chi connectivity index (χ4v) is 2.11. The van der Waals surface area contributed by atoms with Crippen LogP contribution >= 0.6 is 0 Å². The standard InChI is InChI=1S/C14H18F3NO/c1-13(2,3)10-6-11(9-4-5-19-8-9)18-12(7-10)14(15,16)17/h6-7,9H,4-5,8H2,1-3H3. The van der Waals surface area contributed by atoms with E-state index >= 15 is 0 Å². The Morgan fingerprint density at radius 3 is 2.37 bits per heavy atom. The molecule has 2 nitrogen and oxygen atoms in total. The molecule has 0 aromatic carbocycles. The number of nitrogens with zero attached hydrogens (tertiary/aromatic N) is 1. The average molecular weight is 273 g/mol. The number of rotatable bonds is 1. The smallest absolute Gasteiger partial charge is 0.381 e. The normalized spacial score (nSPS) is 20.8. The second-order valence-corrected chi connectivity index (χ2v) is 5.97. The molecular weight excluding hydrogens is 255 g/mol. The highest BCUT2D eigenvalue weighted by Gasteiger charge is 2.35. The maximum absolute atomic E-state index is 12.9. The number of aromatic nitrogens is 1. The average Bonchev–Trinajstić information content (AvgIpc) is 2.79. The lowest BCUT2D eigenvalue weighted by Gasteiger charge is -2.22. The minimum Gasteiger partial charge on any atom is -0.381 e. The van der Waals surface area contributed by atoms with E-state index in [4.69, 9.17) is 4.74 Å². The van der Waals surface area contributed by atoms with Crippen LogP contribution in [-0.2, 0) is 16.3 Å². The minimum atomic E-state index is -4.41. The van der Waals surface area contributed by atoms with E-state index in [2.05, 4.69) is 4.98 Å². The summed E-state index contributed by atoms with van der Waals surface area (Å²) in [5.74, 6) is -0.0246. The summed E-state index contributed by atoms with van der Waals surface area (Å²) in [4.78, 5) is 3.80. The van der Waals surface area contributed by atoms with Crippen LogP contribution in [0.4, 0.5) is 13.2 Å². The third kappa shape index (κ3) is 3.26. The SMILES string of the molecule is CC(C)(C)c1cc(C2CCOC2)nc(C(F)(F)F)c1. The Hall–Kier alpha value is -1.10. The van der Waals surface area contributed by atoms with Crippen molar-refractivity contribution in [3.63, 3.8) is 0 Å². The molecule has 0 N–H and O–H groups in total. The number of ether oxygens (including phenoxy) is 1. The van der Waals surface area contributed by atoms with Crippen LogP contribution in [0.2, 0.25) is 0 Å². The Kier molecular flexibility index (Phi) is 3.60. The fraction of sp³-hybridized carbons (Fsp3) is 0.643. The fourth-order valence-electron chi connectivity index (χ4n) is 2.11. The molecule has 0 spiro atoms. The van der Waals surface area contributed by atoms with E-state index in [0.29, 0.717) is 24.5 Å². The van der Waals surface area contributed by atoms with Crippen molar-refractivity contribution < 1.29 is 17.9 Å². The lowest BCUT2D eigenvalue weighted by molar-refractivity contribution is -0.141. The molecular formula is C14H18F3NO. The molecule has 0 saturated carbocycles. The molecule has 19 heavy (non-hydrogen) atoms. The Morgan fingerprint density at radius 2 is 1.89 bits per heavy atom. The maximum Gasteiger partial charge on any atom is 0.433 e. The number of hydrogen-bond acceptors (Lipinski definition) is 2. The van der Waals surface area contributed by atoms with Gasteiger partial charge in [-0.25, -0.2) is 4.98 Å². The molecule has 0 amide bonds. The number of pyridine rings is 1. The lowest BCUT2D eigenvalue weighted by atomic mass is 9.85. The molecule has 1 aliphatic rings. The van der Waals surface area contributed by atoms with Crippen molar-refractivity contribution in [3.8, 4) is 0 Å². The Labute approximate surface area is 111 Å². The monoisotopic (exact) mass is 273 g/mol. The summed E-state index contributed by atoms with van der Waals surface area (Å²) in [6.07, 6.45) is -3.67. The van der Waals surface area contributed by atoms with Gasteiger partial charge in [-0.3, -0.25) is 0 Å². The van der Waals surface area contributed by atoms with E-state index in [1.54, 1.807) is 6.07 Å². The summed E-state index contributed by atoms with van der Waals surface area (Å²) in [6.45, 7) is 6.75. The first kappa shape index (κ1) is 14.3. The van der Waals surface area contributed by atoms with Crippen LogP contribution in [0.1, 0.15) is 50.1 Å². The van der Waals surface area contributed by atoms with Crippen molar-refractivity contribution in [2.24, 2.45) is 0 Å². The Bertz CT molecular complexity index is 424. The van der Waals surface area contributed by atoms with Gasteiger partial charge in [0.05, 0.1) is 6.61 Å². The van der Waals surface area contributed by atoms with E-state index in [9.17, 15) is 13.2 Å². The van der Waals surface area contributed by atoms with Gasteiger partial charge in [0.1, 0.15) is 5.69 Å². The van der Waals surface area contributed by atoms with Crippen LogP contribution in [0, 0.1) is 0 Å². The first-order chi connectivity index (χ1) is 8.68. The molecule has 1 atom stereocenters. The number of hydrogen-bond donors (Lipinski definition) is 0. The zero-order valence-electron chi connectivity index (χ0n) is 11.3. The highest BCUT2D eigenvalue weighted by Crippen LogP contribution is 2.34. The molecule has 1 unspecified atom stereocenters. The highest BCUT2D eigenvalue weighted by atomic mass is 19.4. The predicted octanol–water partition coefficient (Wildman–Crippen LogP) is 3.90. The topological polar surface area (TPSA) is 22.1 Å². The van der Waals surface area contributed by atoms with Gasteiger partial charge in [0.25, 0.3) is 0 Å². The van der Waals surface area contributed by atoms with Crippen molar-refractivity contribution in [1.82, 2.24) is 4.98 Å². The first-order valence-corrected chi connectivity index (χ1v) is 6.35. The molecule has 1 aromatic heterocycles. The molecule has 5 heteroatoms. The summed E-state index contributed by atoms with van der Waals surface area (Å²) < 4.78 is 44.0. The van der Waals surface area contributed by atoms with Crippen molar-refractivity contribution in [3.05, 3.63) is 29.1 Å². The number of alkyl halides is 3. The highest BCUT2D eigenvalue weighted by molar-refractivity contribution is 5.30. The van der Waals surface area contributed by atoms with E-state index in [-0.39, 0.29) is 11.3 Å². The van der Waals surface area contributed by atoms with Gasteiger partial charge in [-0.05, 0) is 29.5 Å². The second-order valence-electron chi connectivity index (χ2n) is 5.97. The van der Waals surface area contributed by atoms with Crippen molar-refractivity contribution in [1.29, 1.82) is 0 Å². The van der Waals surface area contributed by atoms with E-state index in [1.165, 1.54) is 0 Å². The Balaban J connectivity index is 2.48. The molecule has 1 saturated heterocycles. The summed E-state index contributed by atoms with van der Waals surface area (Å²) in [7, 11) is 0. The van der Waals surface area contributed by atoms with Crippen molar-refractivity contribution in [2.75, 3.05) is 13.2 Å². The van der Waals surface area contributed by atoms with Crippen LogP contribution in [-0.4, -0.2) is 18.2 Å². The molecule has 1 aromatic rings. The van der Waals surface area contributed by atoms with Crippen LogP contribution in [0.25, 0.3) is 0 Å². The lowest BCUT2D eigenvalue weighted by Crippen LogP contribution is -2.18. The molecule has 0 aliphatic carbocycles. The van der Waals surface area contributed by atoms with Crippen LogP contribution in [0.3, 0.4) is 0 Å². The second kappa shape index (κ2) is 4.78. The van der Waals surface area contributed by atoms with E-state index in [0.717, 1.165) is 12.5 Å². The van der Waals surface area contributed by atoms with E-state index < -0.39 is 11.9 Å². The molecule has 0 radical (unpaired) electrons. The molecule has 106 valence electrons. The van der Waals surface area contributed by atoms with Crippen molar-refractivity contribution >= 4 is 0 Å². The third-order valence-corrected chi connectivity index (χ3v) is 3.35. The number of halogens is 3. The maximum atomic E-state index is 12.9. The van der Waals surface area contributed by atoms with Crippen molar-refractivity contribution in [2.45, 2.75) is 44.7 Å². The summed E-state index contributed by atoms with van der Waals surface area (Å²) in [5, 5.41) is 0. The van der Waals surface area contributed by atoms with Gasteiger partial charge in [0, 0.05) is 18.2 Å². The Morgan fingerprint density at radius 1 is 1.21 bits per heavy atom. The molecule has 2 rings (SSSR count). The zero-order chi connectivity index (χ0) is 14.3. The minimum absolute atomic E-state index is 0.0246. The van der Waals surface area contributed by atoms with Gasteiger partial charge in [-0.1, -0.05) is 20.8 Å².